The van der Waals surface area contributed by atoms with E-state index in [1.54, 1.807) is 6.21 Å². The van der Waals surface area contributed by atoms with Crippen LogP contribution in [0.15, 0.2) is 41.5 Å². The molecule has 0 saturated carbocycles. The standard InChI is InChI=1S/C18H26N2O/c1-2-3-4-5-6-10-15-18(21)20-19-16-11-14-17-12-8-7-9-13-17/h7-9,11-14,16H,2-6,10,15H2,1H3,(H,20,21)/b14-11+,19-16+. The molecule has 1 N–H and O–H groups in total. The molecule has 21 heavy (non-hydrogen) atoms. The normalized spacial score (nSPS) is 11.3. The molecule has 0 unspecified atom stereocenters. The monoisotopic (exact) mass is 286 g/mol. The molecule has 0 aliphatic carbocycles. The van der Waals surface area contributed by atoms with E-state index >= 15 is 0 Å². The predicted octanol–water partition coefficient (Wildman–Crippen LogP) is 4.55. The minimum atomic E-state index is -0.00477. The van der Waals surface area contributed by atoms with Crippen LogP contribution in [0.3, 0.4) is 0 Å². The highest BCUT2D eigenvalue weighted by Crippen LogP contribution is 2.06. The molecular weight excluding hydrogens is 260 g/mol. The average Bonchev–Trinajstić information content (AvgIpc) is 2.51. The number of hydrogen-bond donors (Lipinski definition) is 1. The first-order chi connectivity index (χ1) is 10.3. The van der Waals surface area contributed by atoms with Crippen LogP contribution in [-0.4, -0.2) is 12.1 Å². The number of unbranched alkanes of at least 4 members (excludes halogenated alkanes) is 5. The third-order valence-electron chi connectivity index (χ3n) is 3.20. The molecule has 3 nitrogen and oxygen atoms in total. The maximum atomic E-state index is 11.5. The Morgan fingerprint density at radius 1 is 1.10 bits per heavy atom. The quantitative estimate of drug-likeness (QED) is 0.382. The van der Waals surface area contributed by atoms with Gasteiger partial charge in [0.2, 0.25) is 5.91 Å². The van der Waals surface area contributed by atoms with Crippen LogP contribution in [0.1, 0.15) is 57.4 Å². The summed E-state index contributed by atoms with van der Waals surface area (Å²) in [5.74, 6) is -0.00477. The summed E-state index contributed by atoms with van der Waals surface area (Å²) in [4.78, 5) is 11.5. The molecule has 3 heteroatoms. The van der Waals surface area contributed by atoms with Crippen LogP contribution in [0, 0.1) is 0 Å². The number of allylic oxidation sites excluding steroid dienone is 1. The predicted molar refractivity (Wildman–Crippen MR) is 90.1 cm³/mol. The van der Waals surface area contributed by atoms with E-state index in [-0.39, 0.29) is 5.91 Å². The Morgan fingerprint density at radius 3 is 2.57 bits per heavy atom. The smallest absolute Gasteiger partial charge is 0.240 e. The zero-order chi connectivity index (χ0) is 15.2. The highest BCUT2D eigenvalue weighted by atomic mass is 16.2. The van der Waals surface area contributed by atoms with E-state index in [4.69, 9.17) is 0 Å². The Kier molecular flexibility index (Phi) is 9.71. The van der Waals surface area contributed by atoms with Crippen molar-refractivity contribution in [3.05, 3.63) is 42.0 Å². The van der Waals surface area contributed by atoms with Crippen LogP contribution in [0.5, 0.6) is 0 Å². The van der Waals surface area contributed by atoms with Gasteiger partial charge in [-0.05, 0) is 18.1 Å². The zero-order valence-electron chi connectivity index (χ0n) is 12.9. The van der Waals surface area contributed by atoms with Gasteiger partial charge in [0.15, 0.2) is 0 Å². The molecule has 0 aromatic heterocycles. The largest absolute Gasteiger partial charge is 0.273 e. The van der Waals surface area contributed by atoms with Gasteiger partial charge in [0.25, 0.3) is 0 Å². The van der Waals surface area contributed by atoms with Crippen LogP contribution in [-0.2, 0) is 4.79 Å². The number of carbonyl (C=O) groups is 1. The molecule has 0 heterocycles. The molecule has 1 aromatic rings. The molecule has 0 spiro atoms. The molecule has 1 amide bonds. The Labute approximate surface area is 128 Å². The first-order valence-corrected chi connectivity index (χ1v) is 7.86. The van der Waals surface area contributed by atoms with Gasteiger partial charge in [-0.3, -0.25) is 4.79 Å². The van der Waals surface area contributed by atoms with Crippen LogP contribution >= 0.6 is 0 Å². The summed E-state index contributed by atoms with van der Waals surface area (Å²) in [5.41, 5.74) is 3.66. The molecule has 0 saturated heterocycles. The van der Waals surface area contributed by atoms with Gasteiger partial charge >= 0.3 is 0 Å². The summed E-state index contributed by atoms with van der Waals surface area (Å²) >= 11 is 0. The lowest BCUT2D eigenvalue weighted by Gasteiger charge is -2.00. The summed E-state index contributed by atoms with van der Waals surface area (Å²) < 4.78 is 0. The summed E-state index contributed by atoms with van der Waals surface area (Å²) in [5, 5.41) is 3.90. The van der Waals surface area contributed by atoms with Crippen molar-refractivity contribution in [3.63, 3.8) is 0 Å². The number of rotatable bonds is 10. The van der Waals surface area contributed by atoms with E-state index in [1.807, 2.05) is 42.5 Å². The fourth-order valence-electron chi connectivity index (χ4n) is 1.99. The molecular formula is C18H26N2O. The third kappa shape index (κ3) is 9.61. The van der Waals surface area contributed by atoms with E-state index < -0.39 is 0 Å². The van der Waals surface area contributed by atoms with Crippen LogP contribution in [0.2, 0.25) is 0 Å². The first kappa shape index (κ1) is 17.2. The molecule has 0 radical (unpaired) electrons. The van der Waals surface area contributed by atoms with Crippen LogP contribution in [0.25, 0.3) is 6.08 Å². The molecule has 0 aliphatic heterocycles. The van der Waals surface area contributed by atoms with Crippen molar-refractivity contribution >= 4 is 18.2 Å². The SMILES string of the molecule is CCCCCCCCC(=O)N/N=C/C=C/c1ccccc1. The summed E-state index contributed by atoms with van der Waals surface area (Å²) in [7, 11) is 0. The lowest BCUT2D eigenvalue weighted by Crippen LogP contribution is -2.16. The Bertz CT molecular complexity index is 438. The van der Waals surface area contributed by atoms with Crippen molar-refractivity contribution in [1.82, 2.24) is 5.43 Å². The lowest BCUT2D eigenvalue weighted by atomic mass is 10.1. The van der Waals surface area contributed by atoms with Gasteiger partial charge < -0.3 is 0 Å². The van der Waals surface area contributed by atoms with E-state index in [0.29, 0.717) is 6.42 Å². The molecule has 1 aromatic carbocycles. The number of hydrogen-bond acceptors (Lipinski definition) is 2. The number of hydrazone groups is 1. The fourth-order valence-corrected chi connectivity index (χ4v) is 1.99. The second kappa shape index (κ2) is 11.9. The second-order valence-electron chi connectivity index (χ2n) is 5.10. The van der Waals surface area contributed by atoms with Crippen molar-refractivity contribution < 1.29 is 4.79 Å². The van der Waals surface area contributed by atoms with Gasteiger partial charge in [0.05, 0.1) is 0 Å². The van der Waals surface area contributed by atoms with E-state index in [2.05, 4.69) is 17.5 Å². The van der Waals surface area contributed by atoms with E-state index in [9.17, 15) is 4.79 Å². The van der Waals surface area contributed by atoms with Gasteiger partial charge in [-0.15, -0.1) is 0 Å². The van der Waals surface area contributed by atoms with E-state index in [1.165, 1.54) is 25.7 Å². The summed E-state index contributed by atoms with van der Waals surface area (Å²) in [6.45, 7) is 2.21. The van der Waals surface area contributed by atoms with Crippen LogP contribution < -0.4 is 5.43 Å². The number of nitrogens with one attached hydrogen (secondary N) is 1. The Morgan fingerprint density at radius 2 is 1.81 bits per heavy atom. The molecule has 114 valence electrons. The second-order valence-corrected chi connectivity index (χ2v) is 5.10. The van der Waals surface area contributed by atoms with Crippen molar-refractivity contribution in [2.24, 2.45) is 5.10 Å². The van der Waals surface area contributed by atoms with Gasteiger partial charge in [0, 0.05) is 12.6 Å². The van der Waals surface area contributed by atoms with Gasteiger partial charge in [-0.1, -0.05) is 75.4 Å². The number of nitrogens with zero attached hydrogens (tertiary/aromatic N) is 1. The number of carbonyl (C=O) groups excluding carboxylic acids is 1. The zero-order valence-corrected chi connectivity index (χ0v) is 12.9. The van der Waals surface area contributed by atoms with Crippen molar-refractivity contribution in [2.75, 3.05) is 0 Å². The topological polar surface area (TPSA) is 41.5 Å². The Balaban J connectivity index is 2.07. The Hall–Kier alpha value is -1.90. The fraction of sp³-hybridized carbons (Fsp3) is 0.444. The number of amides is 1. The van der Waals surface area contributed by atoms with E-state index in [0.717, 1.165) is 18.4 Å². The molecule has 0 aliphatic rings. The maximum Gasteiger partial charge on any atom is 0.240 e. The van der Waals surface area contributed by atoms with Gasteiger partial charge in [-0.2, -0.15) is 5.10 Å². The van der Waals surface area contributed by atoms with Gasteiger partial charge in [-0.25, -0.2) is 5.43 Å². The molecule has 0 bridgehead atoms. The maximum absolute atomic E-state index is 11.5. The third-order valence-corrected chi connectivity index (χ3v) is 3.20. The minimum absolute atomic E-state index is 0.00477. The van der Waals surface area contributed by atoms with Crippen LogP contribution in [0.4, 0.5) is 0 Å². The highest BCUT2D eigenvalue weighted by Gasteiger charge is 1.98. The molecule has 1 rings (SSSR count). The van der Waals surface area contributed by atoms with Crippen molar-refractivity contribution in [1.29, 1.82) is 0 Å². The van der Waals surface area contributed by atoms with Gasteiger partial charge in [0.1, 0.15) is 0 Å². The first-order valence-electron chi connectivity index (χ1n) is 7.86. The summed E-state index contributed by atoms with van der Waals surface area (Å²) in [6.07, 6.45) is 13.1. The minimum Gasteiger partial charge on any atom is -0.273 e. The lowest BCUT2D eigenvalue weighted by molar-refractivity contribution is -0.121. The average molecular weight is 286 g/mol. The highest BCUT2D eigenvalue weighted by molar-refractivity contribution is 5.81. The summed E-state index contributed by atoms with van der Waals surface area (Å²) in [6, 6.07) is 9.98. The van der Waals surface area contributed by atoms with Crippen molar-refractivity contribution in [3.8, 4) is 0 Å². The molecule has 0 atom stereocenters. The molecule has 0 fully saturated rings. The van der Waals surface area contributed by atoms with Crippen molar-refractivity contribution in [2.45, 2.75) is 51.9 Å². The number of benzene rings is 1.